The van der Waals surface area contributed by atoms with Gasteiger partial charge in [0.25, 0.3) is 0 Å². The van der Waals surface area contributed by atoms with Gasteiger partial charge in [0, 0.05) is 6.04 Å². The van der Waals surface area contributed by atoms with Crippen LogP contribution in [0.2, 0.25) is 0 Å². The molecule has 0 aromatic carbocycles. The van der Waals surface area contributed by atoms with Gasteiger partial charge in [0.15, 0.2) is 0 Å². The predicted molar refractivity (Wildman–Crippen MR) is 121 cm³/mol. The second-order valence-corrected chi connectivity index (χ2v) is 9.70. The summed E-state index contributed by atoms with van der Waals surface area (Å²) in [6.45, 7) is 22.4. The summed E-state index contributed by atoms with van der Waals surface area (Å²) in [5.41, 5.74) is 1.61. The maximum absolute atomic E-state index is 3.76. The molecule has 0 aromatic rings. The molecule has 0 aliphatic heterocycles. The van der Waals surface area contributed by atoms with E-state index < -0.39 is 0 Å². The highest BCUT2D eigenvalue weighted by atomic mass is 14.9. The summed E-state index contributed by atoms with van der Waals surface area (Å²) >= 11 is 0. The Morgan fingerprint density at radius 3 is 2.00 bits per heavy atom. The minimum Gasteiger partial charge on any atom is -0.314 e. The molecule has 0 aliphatic rings. The van der Waals surface area contributed by atoms with E-state index >= 15 is 0 Å². The highest BCUT2D eigenvalue weighted by Crippen LogP contribution is 2.22. The molecular weight excluding hydrogens is 314 g/mol. The minimum absolute atomic E-state index is 0.645. The first kappa shape index (κ1) is 25.7. The zero-order valence-electron chi connectivity index (χ0n) is 19.7. The molecule has 26 heavy (non-hydrogen) atoms. The van der Waals surface area contributed by atoms with Crippen molar-refractivity contribution in [3.05, 3.63) is 11.6 Å². The monoisotopic (exact) mass is 365 g/mol. The van der Waals surface area contributed by atoms with Crippen molar-refractivity contribution in [2.45, 2.75) is 113 Å². The molecule has 0 bridgehead atoms. The van der Waals surface area contributed by atoms with Gasteiger partial charge in [-0.15, -0.1) is 0 Å². The number of nitrogens with one attached hydrogen (secondary N) is 1. The molecule has 1 heteroatoms. The second kappa shape index (κ2) is 14.7. The van der Waals surface area contributed by atoms with Gasteiger partial charge >= 0.3 is 0 Å². The lowest BCUT2D eigenvalue weighted by Gasteiger charge is -2.23. The van der Waals surface area contributed by atoms with Crippen molar-refractivity contribution in [1.82, 2.24) is 5.32 Å². The average molecular weight is 366 g/mol. The van der Waals surface area contributed by atoms with E-state index in [9.17, 15) is 0 Å². The van der Waals surface area contributed by atoms with Crippen molar-refractivity contribution in [1.29, 1.82) is 0 Å². The third-order valence-corrected chi connectivity index (χ3v) is 6.31. The van der Waals surface area contributed by atoms with Gasteiger partial charge in [0.1, 0.15) is 0 Å². The molecule has 0 heterocycles. The van der Waals surface area contributed by atoms with Gasteiger partial charge in [-0.1, -0.05) is 73.0 Å². The lowest BCUT2D eigenvalue weighted by molar-refractivity contribution is 0.326. The summed E-state index contributed by atoms with van der Waals surface area (Å²) in [6.07, 6.45) is 11.8. The molecular formula is C25H51N. The minimum atomic E-state index is 0.645. The fourth-order valence-electron chi connectivity index (χ4n) is 3.88. The molecule has 0 aromatic heterocycles. The SMILES string of the molecule is CCC(/C=C(\C)C[C@H](C)CCC[C@H](C)CN[C@H](C)C[C@H](C)C(C)C)CC. The Morgan fingerprint density at radius 1 is 0.885 bits per heavy atom. The van der Waals surface area contributed by atoms with E-state index in [2.05, 4.69) is 73.7 Å². The highest BCUT2D eigenvalue weighted by molar-refractivity contribution is 5.01. The van der Waals surface area contributed by atoms with Crippen molar-refractivity contribution in [3.63, 3.8) is 0 Å². The summed E-state index contributed by atoms with van der Waals surface area (Å²) in [5.74, 6) is 4.01. The highest BCUT2D eigenvalue weighted by Gasteiger charge is 2.13. The summed E-state index contributed by atoms with van der Waals surface area (Å²) in [6, 6.07) is 0.645. The largest absolute Gasteiger partial charge is 0.314 e. The first-order valence-electron chi connectivity index (χ1n) is 11.6. The number of allylic oxidation sites excluding steroid dienone is 2. The Bertz CT molecular complexity index is 353. The topological polar surface area (TPSA) is 12.0 Å². The molecule has 0 saturated carbocycles. The van der Waals surface area contributed by atoms with Crippen LogP contribution in [0.5, 0.6) is 0 Å². The van der Waals surface area contributed by atoms with E-state index in [4.69, 9.17) is 0 Å². The summed E-state index contributed by atoms with van der Waals surface area (Å²) in [7, 11) is 0. The molecule has 0 saturated heterocycles. The average Bonchev–Trinajstić information content (AvgIpc) is 2.57. The smallest absolute Gasteiger partial charge is 0.00414 e. The van der Waals surface area contributed by atoms with E-state index in [0.717, 1.165) is 29.6 Å². The van der Waals surface area contributed by atoms with E-state index in [1.807, 2.05) is 0 Å². The van der Waals surface area contributed by atoms with Gasteiger partial charge in [0.05, 0.1) is 0 Å². The second-order valence-electron chi connectivity index (χ2n) is 9.70. The Morgan fingerprint density at radius 2 is 1.46 bits per heavy atom. The number of hydrogen-bond acceptors (Lipinski definition) is 1. The van der Waals surface area contributed by atoms with Crippen molar-refractivity contribution < 1.29 is 0 Å². The normalized spacial score (nSPS) is 17.6. The molecule has 0 amide bonds. The number of hydrogen-bond donors (Lipinski definition) is 1. The summed E-state index contributed by atoms with van der Waals surface area (Å²) in [4.78, 5) is 0. The van der Waals surface area contributed by atoms with Gasteiger partial charge in [-0.05, 0) is 82.1 Å². The van der Waals surface area contributed by atoms with Gasteiger partial charge in [0.2, 0.25) is 0 Å². The Hall–Kier alpha value is -0.300. The molecule has 156 valence electrons. The Labute approximate surface area is 166 Å². The maximum Gasteiger partial charge on any atom is 0.00414 e. The van der Waals surface area contributed by atoms with Crippen LogP contribution < -0.4 is 5.32 Å². The van der Waals surface area contributed by atoms with Crippen LogP contribution in [0.3, 0.4) is 0 Å². The molecule has 4 atom stereocenters. The molecule has 0 radical (unpaired) electrons. The van der Waals surface area contributed by atoms with Crippen molar-refractivity contribution in [2.24, 2.45) is 29.6 Å². The van der Waals surface area contributed by atoms with Crippen molar-refractivity contribution in [2.75, 3.05) is 6.54 Å². The molecule has 0 rings (SSSR count). The summed E-state index contributed by atoms with van der Waals surface area (Å²) in [5, 5.41) is 3.76. The first-order chi connectivity index (χ1) is 12.2. The predicted octanol–water partition coefficient (Wildman–Crippen LogP) is 7.86. The van der Waals surface area contributed by atoms with Gasteiger partial charge in [-0.2, -0.15) is 0 Å². The van der Waals surface area contributed by atoms with Crippen LogP contribution in [0, 0.1) is 29.6 Å². The lowest BCUT2D eigenvalue weighted by atomic mass is 9.91. The zero-order valence-corrected chi connectivity index (χ0v) is 19.7. The maximum atomic E-state index is 3.76. The van der Waals surface area contributed by atoms with E-state index in [1.54, 1.807) is 5.57 Å². The van der Waals surface area contributed by atoms with Crippen molar-refractivity contribution >= 4 is 0 Å². The zero-order chi connectivity index (χ0) is 20.1. The van der Waals surface area contributed by atoms with Crippen LogP contribution in [-0.2, 0) is 0 Å². The van der Waals surface area contributed by atoms with Crippen LogP contribution in [-0.4, -0.2) is 12.6 Å². The fraction of sp³-hybridized carbons (Fsp3) is 0.920. The van der Waals surface area contributed by atoms with Gasteiger partial charge in [-0.3, -0.25) is 0 Å². The number of rotatable bonds is 15. The van der Waals surface area contributed by atoms with E-state index in [-0.39, 0.29) is 0 Å². The van der Waals surface area contributed by atoms with Crippen LogP contribution in [0.1, 0.15) is 107 Å². The van der Waals surface area contributed by atoms with Gasteiger partial charge in [-0.25, -0.2) is 0 Å². The van der Waals surface area contributed by atoms with Gasteiger partial charge < -0.3 is 5.32 Å². The molecule has 0 spiro atoms. The van der Waals surface area contributed by atoms with E-state index in [1.165, 1.54) is 51.5 Å². The third-order valence-electron chi connectivity index (χ3n) is 6.31. The first-order valence-corrected chi connectivity index (χ1v) is 11.6. The standard InChI is InChI=1S/C25H51N/c1-10-25(11-2)16-22(7)15-20(5)13-12-14-21(6)18-26-24(9)17-23(8)19(3)4/h16,19-21,23-26H,10-15,17-18H2,1-9H3/b22-16+/t20-,21+,23+,24-/m1/s1. The van der Waals surface area contributed by atoms with Crippen LogP contribution in [0.4, 0.5) is 0 Å². The lowest BCUT2D eigenvalue weighted by Crippen LogP contribution is -2.32. The quantitative estimate of drug-likeness (QED) is 0.291. The molecule has 0 fully saturated rings. The molecule has 1 nitrogen and oxygen atoms in total. The van der Waals surface area contributed by atoms with Crippen molar-refractivity contribution in [3.8, 4) is 0 Å². The van der Waals surface area contributed by atoms with E-state index in [0.29, 0.717) is 6.04 Å². The fourth-order valence-corrected chi connectivity index (χ4v) is 3.88. The molecule has 1 N–H and O–H groups in total. The molecule has 0 unspecified atom stereocenters. The molecule has 0 aliphatic carbocycles. The Kier molecular flexibility index (Phi) is 14.6. The van der Waals surface area contributed by atoms with Crippen LogP contribution >= 0.6 is 0 Å². The van der Waals surface area contributed by atoms with Crippen LogP contribution in [0.15, 0.2) is 11.6 Å². The Balaban J connectivity index is 3.94. The van der Waals surface area contributed by atoms with Crippen LogP contribution in [0.25, 0.3) is 0 Å². The summed E-state index contributed by atoms with van der Waals surface area (Å²) < 4.78 is 0. The third kappa shape index (κ3) is 13.0.